The Kier molecular flexibility index (Phi) is 7.79. The van der Waals surface area contributed by atoms with E-state index in [0.29, 0.717) is 46.3 Å². The summed E-state index contributed by atoms with van der Waals surface area (Å²) in [5.41, 5.74) is 0.878. The largest absolute Gasteiger partial charge is 0.573 e. The van der Waals surface area contributed by atoms with Crippen LogP contribution in [0.5, 0.6) is 11.5 Å². The Morgan fingerprint density at radius 2 is 1.82 bits per heavy atom. The first kappa shape index (κ1) is 27.1. The second-order valence-electron chi connectivity index (χ2n) is 8.20. The Balaban J connectivity index is 0.00000112. The number of aryl methyl sites for hydroxylation is 1. The monoisotopic (exact) mass is 542 g/mol. The summed E-state index contributed by atoms with van der Waals surface area (Å²) in [4.78, 5) is 30.4. The first-order valence-electron chi connectivity index (χ1n) is 11.4. The second kappa shape index (κ2) is 11.2. The number of amides is 1. The van der Waals surface area contributed by atoms with Crippen LogP contribution in [0.4, 0.5) is 13.2 Å². The highest BCUT2D eigenvalue weighted by atomic mass is 19.4. The van der Waals surface area contributed by atoms with Crippen LogP contribution in [0.25, 0.3) is 11.4 Å². The minimum atomic E-state index is -4.81. The summed E-state index contributed by atoms with van der Waals surface area (Å²) < 4.78 is 52.7. The number of carbonyl (C=O) groups is 2. The zero-order chi connectivity index (χ0) is 28.0. The highest BCUT2D eigenvalue weighted by Gasteiger charge is 2.42. The SMILES string of the molecule is Cc1nc(-c2ccc(C(=O)N[C@]3(c4ccc(OC(F)(F)F)cc4)CCOc4cccnc43)cc2)no1.O=CO. The first-order valence-corrected chi connectivity index (χ1v) is 11.4. The highest BCUT2D eigenvalue weighted by molar-refractivity contribution is 5.95. The molecule has 1 aliphatic heterocycles. The Morgan fingerprint density at radius 3 is 2.44 bits per heavy atom. The molecule has 1 aliphatic rings. The minimum absolute atomic E-state index is 0.250. The fourth-order valence-electron chi connectivity index (χ4n) is 4.13. The van der Waals surface area contributed by atoms with Crippen molar-refractivity contribution in [3.05, 3.63) is 89.6 Å². The lowest BCUT2D eigenvalue weighted by Crippen LogP contribution is -2.50. The van der Waals surface area contributed by atoms with E-state index in [4.69, 9.17) is 19.2 Å². The van der Waals surface area contributed by atoms with Gasteiger partial charge in [-0.25, -0.2) is 0 Å². The second-order valence-corrected chi connectivity index (χ2v) is 8.20. The first-order chi connectivity index (χ1) is 18.6. The number of rotatable bonds is 5. The molecule has 1 atom stereocenters. The molecule has 0 spiro atoms. The number of nitrogens with zero attached hydrogens (tertiary/aromatic N) is 3. The van der Waals surface area contributed by atoms with Crippen LogP contribution >= 0.6 is 0 Å². The quantitative estimate of drug-likeness (QED) is 0.349. The van der Waals surface area contributed by atoms with Gasteiger partial charge in [0.1, 0.15) is 22.7 Å². The van der Waals surface area contributed by atoms with Crippen molar-refractivity contribution >= 4 is 12.4 Å². The third-order valence-corrected chi connectivity index (χ3v) is 5.75. The number of carbonyl (C=O) groups excluding carboxylic acids is 1. The summed E-state index contributed by atoms with van der Waals surface area (Å²) in [6, 6.07) is 15.5. The van der Waals surface area contributed by atoms with Gasteiger partial charge in [0.15, 0.2) is 0 Å². The minimum Gasteiger partial charge on any atom is -0.491 e. The van der Waals surface area contributed by atoms with Gasteiger partial charge in [0.25, 0.3) is 12.4 Å². The van der Waals surface area contributed by atoms with Gasteiger partial charge in [-0.1, -0.05) is 29.4 Å². The molecule has 3 heterocycles. The predicted molar refractivity (Wildman–Crippen MR) is 129 cm³/mol. The molecule has 1 amide bonds. The summed E-state index contributed by atoms with van der Waals surface area (Å²) in [7, 11) is 0. The van der Waals surface area contributed by atoms with Gasteiger partial charge in [0.05, 0.1) is 6.61 Å². The van der Waals surface area contributed by atoms with Crippen molar-refractivity contribution < 1.29 is 41.9 Å². The number of hydrogen-bond donors (Lipinski definition) is 2. The van der Waals surface area contributed by atoms with E-state index in [1.165, 1.54) is 24.3 Å². The van der Waals surface area contributed by atoms with Gasteiger partial charge in [0.2, 0.25) is 11.7 Å². The van der Waals surface area contributed by atoms with Crippen molar-refractivity contribution in [3.8, 4) is 22.9 Å². The average molecular weight is 542 g/mol. The average Bonchev–Trinajstić information content (AvgIpc) is 3.35. The van der Waals surface area contributed by atoms with Crippen LogP contribution in [0.2, 0.25) is 0 Å². The van der Waals surface area contributed by atoms with E-state index in [9.17, 15) is 18.0 Å². The fourth-order valence-corrected chi connectivity index (χ4v) is 4.13. The van der Waals surface area contributed by atoms with Crippen LogP contribution in [0.3, 0.4) is 0 Å². The molecule has 4 aromatic rings. The molecule has 2 N–H and O–H groups in total. The van der Waals surface area contributed by atoms with E-state index < -0.39 is 17.8 Å². The van der Waals surface area contributed by atoms with Gasteiger partial charge in [-0.3, -0.25) is 14.6 Å². The van der Waals surface area contributed by atoms with E-state index in [0.717, 1.165) is 0 Å². The smallest absolute Gasteiger partial charge is 0.491 e. The molecule has 2 aromatic carbocycles. The zero-order valence-electron chi connectivity index (χ0n) is 20.3. The van der Waals surface area contributed by atoms with E-state index in [2.05, 4.69) is 25.2 Å². The van der Waals surface area contributed by atoms with Crippen molar-refractivity contribution in [2.24, 2.45) is 0 Å². The number of carboxylic acid groups (broad SMARTS) is 1. The molecular formula is C26H21F3N4O6. The molecule has 0 saturated carbocycles. The standard InChI is InChI=1S/C25H19F3N4O4.CH2O2/c1-15-30-22(32-36-15)16-4-6-17(7-5-16)23(33)31-24(12-14-34-20-3-2-13-29-21(20)24)18-8-10-19(11-9-18)35-25(26,27)28;2-1-3/h2-11,13H,12,14H2,1H3,(H,31,33);1H,(H,2,3)/t24-;/m0./s1. The van der Waals surface area contributed by atoms with Gasteiger partial charge >= 0.3 is 6.36 Å². The zero-order valence-corrected chi connectivity index (χ0v) is 20.3. The van der Waals surface area contributed by atoms with Crippen LogP contribution in [-0.2, 0) is 10.3 Å². The number of fused-ring (bicyclic) bond motifs is 1. The van der Waals surface area contributed by atoms with Crippen LogP contribution < -0.4 is 14.8 Å². The number of pyridine rings is 1. The summed E-state index contributed by atoms with van der Waals surface area (Å²) >= 11 is 0. The van der Waals surface area contributed by atoms with Crippen molar-refractivity contribution in [1.82, 2.24) is 20.4 Å². The Bertz CT molecular complexity index is 1440. The summed E-state index contributed by atoms with van der Waals surface area (Å²) in [6.45, 7) is 1.69. The molecule has 2 aromatic heterocycles. The van der Waals surface area contributed by atoms with Gasteiger partial charge in [-0.05, 0) is 42.0 Å². The molecule has 0 bridgehead atoms. The molecule has 13 heteroatoms. The lowest BCUT2D eigenvalue weighted by molar-refractivity contribution is -0.274. The molecule has 0 fully saturated rings. The maximum absolute atomic E-state index is 13.4. The summed E-state index contributed by atoms with van der Waals surface area (Å²) in [6.07, 6.45) is -2.94. The molecular weight excluding hydrogens is 521 g/mol. The normalized spacial score (nSPS) is 16.1. The maximum atomic E-state index is 13.4. The molecule has 10 nitrogen and oxygen atoms in total. The van der Waals surface area contributed by atoms with Crippen molar-refractivity contribution in [1.29, 1.82) is 0 Å². The molecule has 0 saturated heterocycles. The third kappa shape index (κ3) is 6.14. The van der Waals surface area contributed by atoms with E-state index >= 15 is 0 Å². The Morgan fingerprint density at radius 1 is 1.13 bits per heavy atom. The molecule has 0 aliphatic carbocycles. The lowest BCUT2D eigenvalue weighted by Gasteiger charge is -2.39. The van der Waals surface area contributed by atoms with Crippen LogP contribution in [0, 0.1) is 6.92 Å². The summed E-state index contributed by atoms with van der Waals surface area (Å²) in [5, 5.41) is 13.8. The summed E-state index contributed by atoms with van der Waals surface area (Å²) in [5.74, 6) is 0.529. The third-order valence-electron chi connectivity index (χ3n) is 5.75. The lowest BCUT2D eigenvalue weighted by atomic mass is 9.81. The molecule has 39 heavy (non-hydrogen) atoms. The van der Waals surface area contributed by atoms with Crippen molar-refractivity contribution in [2.75, 3.05) is 6.61 Å². The highest BCUT2D eigenvalue weighted by Crippen LogP contribution is 2.41. The number of nitrogens with one attached hydrogen (secondary N) is 1. The van der Waals surface area contributed by atoms with Gasteiger partial charge < -0.3 is 24.4 Å². The predicted octanol–water partition coefficient (Wildman–Crippen LogP) is 4.50. The number of hydrogen-bond acceptors (Lipinski definition) is 8. The van der Waals surface area contributed by atoms with Gasteiger partial charge in [-0.2, -0.15) is 4.98 Å². The molecule has 202 valence electrons. The number of alkyl halides is 3. The molecule has 0 unspecified atom stereocenters. The topological polar surface area (TPSA) is 137 Å². The van der Waals surface area contributed by atoms with E-state index in [-0.39, 0.29) is 18.8 Å². The number of halogens is 3. The maximum Gasteiger partial charge on any atom is 0.573 e. The Labute approximate surface area is 219 Å². The number of aromatic nitrogens is 3. The van der Waals surface area contributed by atoms with Crippen molar-refractivity contribution in [3.63, 3.8) is 0 Å². The number of ether oxygens (including phenoxy) is 2. The Hall–Kier alpha value is -4.94. The van der Waals surface area contributed by atoms with Crippen LogP contribution in [-0.4, -0.2) is 45.6 Å². The molecule has 5 rings (SSSR count). The van der Waals surface area contributed by atoms with Crippen LogP contribution in [0.1, 0.15) is 33.9 Å². The molecule has 0 radical (unpaired) electrons. The van der Waals surface area contributed by atoms with Gasteiger partial charge in [-0.15, -0.1) is 13.2 Å². The van der Waals surface area contributed by atoms with E-state index in [1.54, 1.807) is 49.5 Å². The fraction of sp³-hybridized carbons (Fsp3) is 0.192. The van der Waals surface area contributed by atoms with Crippen LogP contribution in [0.15, 0.2) is 71.4 Å². The van der Waals surface area contributed by atoms with E-state index in [1.807, 2.05) is 0 Å². The number of benzene rings is 2. The van der Waals surface area contributed by atoms with Gasteiger partial charge in [0, 0.05) is 30.7 Å². The van der Waals surface area contributed by atoms with Crippen molar-refractivity contribution in [2.45, 2.75) is 25.2 Å².